The van der Waals surface area contributed by atoms with E-state index in [9.17, 15) is 14.4 Å². The number of rotatable bonds is 3. The van der Waals surface area contributed by atoms with Crippen LogP contribution in [0, 0.1) is 22.7 Å². The van der Waals surface area contributed by atoms with Crippen LogP contribution < -0.4 is 0 Å². The van der Waals surface area contributed by atoms with E-state index in [1.165, 1.54) is 6.08 Å². The number of hydrogen-bond acceptors (Lipinski definition) is 4. The highest BCUT2D eigenvalue weighted by molar-refractivity contribution is 6.00. The van der Waals surface area contributed by atoms with Crippen molar-refractivity contribution in [3.8, 4) is 0 Å². The van der Waals surface area contributed by atoms with E-state index in [1.807, 2.05) is 6.08 Å². The van der Waals surface area contributed by atoms with Crippen LogP contribution in [0.1, 0.15) is 40.0 Å². The lowest BCUT2D eigenvalue weighted by atomic mass is 9.48. The minimum atomic E-state index is -0.333. The summed E-state index contributed by atoms with van der Waals surface area (Å²) < 4.78 is 4.92. The van der Waals surface area contributed by atoms with Crippen molar-refractivity contribution in [1.29, 1.82) is 0 Å². The van der Waals surface area contributed by atoms with Gasteiger partial charge in [-0.2, -0.15) is 0 Å². The van der Waals surface area contributed by atoms with E-state index in [0.29, 0.717) is 17.8 Å². The Morgan fingerprint density at radius 2 is 1.96 bits per heavy atom. The van der Waals surface area contributed by atoms with Crippen molar-refractivity contribution in [2.45, 2.75) is 40.0 Å². The third-order valence-electron chi connectivity index (χ3n) is 6.00. The van der Waals surface area contributed by atoms with E-state index in [2.05, 4.69) is 20.8 Å². The van der Waals surface area contributed by atoms with Gasteiger partial charge in [-0.3, -0.25) is 9.59 Å². The van der Waals surface area contributed by atoms with Gasteiger partial charge in [0.1, 0.15) is 12.9 Å². The molecule has 1 heterocycles. The van der Waals surface area contributed by atoms with Gasteiger partial charge in [-0.25, -0.2) is 4.79 Å². The van der Waals surface area contributed by atoms with Gasteiger partial charge >= 0.3 is 5.97 Å². The third kappa shape index (κ3) is 2.58. The third-order valence-corrected chi connectivity index (χ3v) is 6.00. The Bertz CT molecular complexity index is 680. The molecule has 0 N–H and O–H groups in total. The van der Waals surface area contributed by atoms with Crippen LogP contribution in [0.4, 0.5) is 0 Å². The Morgan fingerprint density at radius 1 is 1.21 bits per heavy atom. The molecule has 3 atom stereocenters. The first-order chi connectivity index (χ1) is 11.3. The standard InChI is InChI=1S/C20H24O4/c1-19(2)8-4-9-20(3)15(6-5-13-7-10-24-18(13)23)14(12-21)11-16(22)17(19)20/h5-7,11-12,15,17H,4,8-10H2,1-3H3. The molecule has 4 nitrogen and oxygen atoms in total. The summed E-state index contributed by atoms with van der Waals surface area (Å²) in [6.45, 7) is 6.70. The highest BCUT2D eigenvalue weighted by Crippen LogP contribution is 2.58. The van der Waals surface area contributed by atoms with Gasteiger partial charge in [0.05, 0.1) is 5.57 Å². The molecule has 128 valence electrons. The second-order valence-electron chi connectivity index (χ2n) is 8.04. The lowest BCUT2D eigenvalue weighted by Crippen LogP contribution is -2.52. The Labute approximate surface area is 142 Å². The largest absolute Gasteiger partial charge is 0.458 e. The zero-order chi connectivity index (χ0) is 17.5. The molecule has 1 aliphatic heterocycles. The molecule has 0 radical (unpaired) electrons. The molecule has 3 aliphatic rings. The van der Waals surface area contributed by atoms with Gasteiger partial charge in [-0.05, 0) is 35.8 Å². The fourth-order valence-electron chi connectivity index (χ4n) is 5.02. The monoisotopic (exact) mass is 328 g/mol. The normalized spacial score (nSPS) is 35.3. The molecule has 0 bridgehead atoms. The van der Waals surface area contributed by atoms with Gasteiger partial charge in [0, 0.05) is 17.4 Å². The molecule has 3 rings (SSSR count). The van der Waals surface area contributed by atoms with E-state index >= 15 is 0 Å². The van der Waals surface area contributed by atoms with Gasteiger partial charge in [-0.15, -0.1) is 0 Å². The summed E-state index contributed by atoms with van der Waals surface area (Å²) in [6.07, 6.45) is 10.7. The number of fused-ring (bicyclic) bond motifs is 1. The van der Waals surface area contributed by atoms with E-state index in [1.54, 1.807) is 12.2 Å². The van der Waals surface area contributed by atoms with Gasteiger partial charge in [0.25, 0.3) is 0 Å². The van der Waals surface area contributed by atoms with Gasteiger partial charge in [0.15, 0.2) is 5.78 Å². The van der Waals surface area contributed by atoms with Gasteiger partial charge in [0.2, 0.25) is 0 Å². The summed E-state index contributed by atoms with van der Waals surface area (Å²) in [6, 6.07) is 0. The van der Waals surface area contributed by atoms with Crippen LogP contribution >= 0.6 is 0 Å². The Kier molecular flexibility index (Phi) is 4.10. The van der Waals surface area contributed by atoms with Gasteiger partial charge < -0.3 is 4.74 Å². The Morgan fingerprint density at radius 3 is 2.58 bits per heavy atom. The van der Waals surface area contributed by atoms with Crippen molar-refractivity contribution in [3.63, 3.8) is 0 Å². The Hall–Kier alpha value is -1.97. The van der Waals surface area contributed by atoms with Gasteiger partial charge in [-0.1, -0.05) is 39.3 Å². The van der Waals surface area contributed by atoms with Crippen LogP contribution in [0.3, 0.4) is 0 Å². The Balaban J connectivity index is 2.03. The maximum atomic E-state index is 12.7. The topological polar surface area (TPSA) is 60.4 Å². The van der Waals surface area contributed by atoms with Crippen LogP contribution in [-0.2, 0) is 19.1 Å². The van der Waals surface area contributed by atoms with Crippen molar-refractivity contribution in [2.24, 2.45) is 22.7 Å². The summed E-state index contributed by atoms with van der Waals surface area (Å²) in [5, 5.41) is 0. The number of carbonyl (C=O) groups is 3. The molecule has 3 unspecified atom stereocenters. The smallest absolute Gasteiger partial charge is 0.338 e. The molecule has 24 heavy (non-hydrogen) atoms. The molecule has 0 aromatic heterocycles. The summed E-state index contributed by atoms with van der Waals surface area (Å²) >= 11 is 0. The molecular formula is C20H24O4. The average Bonchev–Trinajstić information content (AvgIpc) is 2.89. The number of allylic oxidation sites excluding steroid dienone is 3. The minimum absolute atomic E-state index is 0.0634. The fourth-order valence-corrected chi connectivity index (χ4v) is 5.02. The van der Waals surface area contributed by atoms with Crippen molar-refractivity contribution >= 4 is 18.0 Å². The highest BCUT2D eigenvalue weighted by Gasteiger charge is 2.55. The van der Waals surface area contributed by atoms with Crippen LogP contribution in [0.25, 0.3) is 0 Å². The molecule has 0 saturated heterocycles. The summed E-state index contributed by atoms with van der Waals surface area (Å²) in [5.41, 5.74) is 0.641. The molecule has 0 amide bonds. The maximum absolute atomic E-state index is 12.7. The molecular weight excluding hydrogens is 304 g/mol. The lowest BCUT2D eigenvalue weighted by molar-refractivity contribution is -0.136. The van der Waals surface area contributed by atoms with E-state index < -0.39 is 0 Å². The first-order valence-corrected chi connectivity index (χ1v) is 8.56. The molecule has 0 aromatic carbocycles. The SMILES string of the molecule is CC1(C)CCCC2(C)C(C=CC3=CCOC3=O)C(C=O)=CC(=O)C12. The van der Waals surface area contributed by atoms with E-state index in [4.69, 9.17) is 4.74 Å². The summed E-state index contributed by atoms with van der Waals surface area (Å²) in [4.78, 5) is 36.0. The van der Waals surface area contributed by atoms with Crippen molar-refractivity contribution < 1.29 is 19.1 Å². The minimum Gasteiger partial charge on any atom is -0.458 e. The fraction of sp³-hybridized carbons (Fsp3) is 0.550. The first-order valence-electron chi connectivity index (χ1n) is 8.56. The lowest BCUT2D eigenvalue weighted by Gasteiger charge is -2.54. The van der Waals surface area contributed by atoms with Crippen LogP contribution in [-0.4, -0.2) is 24.6 Å². The predicted molar refractivity (Wildman–Crippen MR) is 90.1 cm³/mol. The molecule has 0 aromatic rings. The number of ether oxygens (including phenoxy) is 1. The molecule has 1 fully saturated rings. The highest BCUT2D eigenvalue weighted by atomic mass is 16.5. The second kappa shape index (κ2) is 5.83. The predicted octanol–water partition coefficient (Wildman–Crippen LogP) is 3.18. The van der Waals surface area contributed by atoms with Crippen molar-refractivity contribution in [1.82, 2.24) is 0 Å². The summed E-state index contributed by atoms with van der Waals surface area (Å²) in [7, 11) is 0. The van der Waals surface area contributed by atoms with Crippen LogP contribution in [0.2, 0.25) is 0 Å². The van der Waals surface area contributed by atoms with Crippen molar-refractivity contribution in [3.05, 3.63) is 35.5 Å². The first kappa shape index (κ1) is 16.9. The molecule has 4 heteroatoms. The van der Waals surface area contributed by atoms with E-state index in [0.717, 1.165) is 25.5 Å². The zero-order valence-electron chi connectivity index (χ0n) is 14.5. The van der Waals surface area contributed by atoms with Crippen LogP contribution in [0.5, 0.6) is 0 Å². The van der Waals surface area contributed by atoms with Crippen molar-refractivity contribution in [2.75, 3.05) is 6.61 Å². The number of aldehydes is 1. The van der Waals surface area contributed by atoms with E-state index in [-0.39, 0.29) is 34.4 Å². The number of cyclic esters (lactones) is 1. The second-order valence-corrected chi connectivity index (χ2v) is 8.04. The summed E-state index contributed by atoms with van der Waals surface area (Å²) in [5.74, 6) is -0.540. The molecule has 1 saturated carbocycles. The number of carbonyl (C=O) groups excluding carboxylic acids is 3. The van der Waals surface area contributed by atoms with Crippen LogP contribution in [0.15, 0.2) is 35.5 Å². The number of esters is 1. The average molecular weight is 328 g/mol. The zero-order valence-corrected chi connectivity index (χ0v) is 14.5. The number of ketones is 1. The quantitative estimate of drug-likeness (QED) is 0.590. The molecule has 0 spiro atoms. The number of hydrogen-bond donors (Lipinski definition) is 0. The molecule has 2 aliphatic carbocycles. The maximum Gasteiger partial charge on any atom is 0.338 e.